The van der Waals surface area contributed by atoms with Gasteiger partial charge in [-0.05, 0) is 82.7 Å². The second-order valence-corrected chi connectivity index (χ2v) is 14.4. The van der Waals surface area contributed by atoms with Crippen molar-refractivity contribution in [2.45, 2.75) is 79.1 Å². The molecule has 0 bridgehead atoms. The third-order valence-electron chi connectivity index (χ3n) is 10.8. The predicted octanol–water partition coefficient (Wildman–Crippen LogP) is 5.48. The molecule has 0 spiro atoms. The Kier molecular flexibility index (Phi) is 8.47. The van der Waals surface area contributed by atoms with Gasteiger partial charge < -0.3 is 18.6 Å². The molecule has 0 amide bonds. The zero-order valence-corrected chi connectivity index (χ0v) is 31.7. The number of hydrogen-bond donors (Lipinski definition) is 0. The highest BCUT2D eigenvalue weighted by atomic mass is 16.6. The second kappa shape index (κ2) is 13.5. The van der Waals surface area contributed by atoms with Crippen LogP contribution < -0.4 is 9.47 Å². The maximum absolute atomic E-state index is 5.80. The van der Waals surface area contributed by atoms with E-state index < -0.39 is 0 Å². The Hall–Kier alpha value is -5.92. The Morgan fingerprint density at radius 2 is 1.17 bits per heavy atom. The summed E-state index contributed by atoms with van der Waals surface area (Å²) >= 11 is 0. The van der Waals surface area contributed by atoms with Gasteiger partial charge in [-0.25, -0.2) is 29.0 Å². The molecule has 54 heavy (non-hydrogen) atoms. The van der Waals surface area contributed by atoms with Crippen LogP contribution in [0.5, 0.6) is 11.5 Å². The standard InChI is InChI=1S/C21H24N6.C19H20N6O2/c1-13-12-22-14(2)21-23-18(25-27(13)21)10-11-19-24-20-16-7-5-4-6-15(16)8-9-17(20)26(19)3;1-11-10-20-12(2)19-21-15(23-25(11)19)6-7-16-22-17-13(24(16)3)4-5-14-18(17)27-9-8-26-14/h8-9,12H,4-7,10-11H2,1-3H3;4-5,10H,6-9H2,1-3H3. The Morgan fingerprint density at radius 1 is 0.611 bits per heavy atom. The lowest BCUT2D eigenvalue weighted by Gasteiger charge is -2.18. The molecule has 6 aromatic heterocycles. The summed E-state index contributed by atoms with van der Waals surface area (Å²) in [7, 11) is 4.14. The average Bonchev–Trinajstić information content (AvgIpc) is 3.98. The molecule has 14 heteroatoms. The summed E-state index contributed by atoms with van der Waals surface area (Å²) in [4.78, 5) is 27.9. The van der Waals surface area contributed by atoms with E-state index in [0.717, 1.165) is 106 Å². The van der Waals surface area contributed by atoms with Crippen molar-refractivity contribution in [2.24, 2.45) is 14.1 Å². The largest absolute Gasteiger partial charge is 0.486 e. The summed E-state index contributed by atoms with van der Waals surface area (Å²) in [6, 6.07) is 8.51. The Balaban J connectivity index is 0.000000142. The van der Waals surface area contributed by atoms with Gasteiger partial charge in [-0.15, -0.1) is 0 Å². The second-order valence-electron chi connectivity index (χ2n) is 14.4. The van der Waals surface area contributed by atoms with Crippen LogP contribution in [0.3, 0.4) is 0 Å². The number of aromatic nitrogens is 12. The summed E-state index contributed by atoms with van der Waals surface area (Å²) < 4.78 is 19.5. The molecule has 1 aliphatic carbocycles. The summed E-state index contributed by atoms with van der Waals surface area (Å²) in [6.45, 7) is 9.04. The molecule has 0 fully saturated rings. The van der Waals surface area contributed by atoms with Crippen molar-refractivity contribution in [3.05, 3.63) is 93.9 Å². The number of rotatable bonds is 6. The summed E-state index contributed by atoms with van der Waals surface area (Å²) in [5.74, 6) is 5.22. The summed E-state index contributed by atoms with van der Waals surface area (Å²) in [6.07, 6.45) is 11.6. The fourth-order valence-corrected chi connectivity index (χ4v) is 7.73. The third-order valence-corrected chi connectivity index (χ3v) is 10.8. The van der Waals surface area contributed by atoms with Crippen molar-refractivity contribution in [3.8, 4) is 11.5 Å². The van der Waals surface area contributed by atoms with Crippen LogP contribution in [0.1, 0.15) is 70.0 Å². The van der Waals surface area contributed by atoms with Crippen molar-refractivity contribution in [1.29, 1.82) is 0 Å². The lowest BCUT2D eigenvalue weighted by atomic mass is 9.91. The fourth-order valence-electron chi connectivity index (χ4n) is 7.73. The summed E-state index contributed by atoms with van der Waals surface area (Å²) in [5, 5.41) is 9.30. The minimum Gasteiger partial charge on any atom is -0.486 e. The first kappa shape index (κ1) is 33.9. The highest BCUT2D eigenvalue weighted by Gasteiger charge is 2.21. The van der Waals surface area contributed by atoms with E-state index in [0.29, 0.717) is 19.6 Å². The van der Waals surface area contributed by atoms with Gasteiger partial charge in [0.2, 0.25) is 0 Å². The molecule has 0 radical (unpaired) electrons. The molecule has 0 saturated heterocycles. The van der Waals surface area contributed by atoms with Crippen LogP contribution in [0.15, 0.2) is 36.7 Å². The molecule has 0 N–H and O–H groups in total. The van der Waals surface area contributed by atoms with Crippen molar-refractivity contribution >= 4 is 33.4 Å². The van der Waals surface area contributed by atoms with Crippen molar-refractivity contribution in [3.63, 3.8) is 0 Å². The molecule has 10 rings (SSSR count). The van der Waals surface area contributed by atoms with Gasteiger partial charge in [0.25, 0.3) is 0 Å². The molecule has 276 valence electrons. The van der Waals surface area contributed by atoms with Crippen LogP contribution in [0.25, 0.3) is 33.4 Å². The van der Waals surface area contributed by atoms with Crippen molar-refractivity contribution < 1.29 is 9.47 Å². The van der Waals surface area contributed by atoms with E-state index in [9.17, 15) is 0 Å². The lowest BCUT2D eigenvalue weighted by molar-refractivity contribution is 0.173. The molecule has 0 unspecified atom stereocenters. The zero-order valence-electron chi connectivity index (χ0n) is 31.7. The zero-order chi connectivity index (χ0) is 37.1. The Morgan fingerprint density at radius 3 is 1.80 bits per heavy atom. The van der Waals surface area contributed by atoms with Gasteiger partial charge >= 0.3 is 0 Å². The minimum atomic E-state index is 0.552. The fraction of sp³-hybridized carbons (Fsp3) is 0.400. The molecular formula is C40H44N12O2. The normalized spacial score (nSPS) is 13.9. The SMILES string of the molecule is Cc1ncc(C)n2nc(CCc3nc4c5c(ccc4n3C)CCCC5)nc12.Cc1ncc(C)n2nc(CCc3nc4c5c(ccc4n3C)OCCO5)nc12. The number of nitrogens with zero attached hydrogens (tertiary/aromatic N) is 12. The van der Waals surface area contributed by atoms with Crippen LogP contribution in [-0.4, -0.2) is 71.5 Å². The number of imidazole rings is 2. The molecule has 2 aromatic carbocycles. The van der Waals surface area contributed by atoms with E-state index in [2.05, 4.69) is 53.5 Å². The minimum absolute atomic E-state index is 0.552. The molecule has 2 aliphatic rings. The van der Waals surface area contributed by atoms with Crippen LogP contribution in [-0.2, 0) is 52.6 Å². The maximum Gasteiger partial charge on any atom is 0.189 e. The predicted molar refractivity (Wildman–Crippen MR) is 204 cm³/mol. The van der Waals surface area contributed by atoms with E-state index in [1.54, 1.807) is 0 Å². The molecule has 8 aromatic rings. The first-order valence-corrected chi connectivity index (χ1v) is 18.8. The highest BCUT2D eigenvalue weighted by Crippen LogP contribution is 2.37. The van der Waals surface area contributed by atoms with E-state index in [4.69, 9.17) is 24.4 Å². The van der Waals surface area contributed by atoms with Gasteiger partial charge in [0.15, 0.2) is 34.4 Å². The topological polar surface area (TPSA) is 140 Å². The van der Waals surface area contributed by atoms with E-state index in [1.165, 1.54) is 41.4 Å². The molecule has 14 nitrogen and oxygen atoms in total. The Bertz CT molecular complexity index is 2450. The van der Waals surface area contributed by atoms with Crippen LogP contribution in [0, 0.1) is 27.7 Å². The van der Waals surface area contributed by atoms with Crippen molar-refractivity contribution in [1.82, 2.24) is 58.3 Å². The molecule has 0 saturated carbocycles. The Labute approximate surface area is 312 Å². The van der Waals surface area contributed by atoms with Gasteiger partial charge in [0.1, 0.15) is 30.4 Å². The van der Waals surface area contributed by atoms with E-state index in [1.807, 2.05) is 68.3 Å². The molecular weight excluding hydrogens is 681 g/mol. The van der Waals surface area contributed by atoms with Gasteiger partial charge in [0.05, 0.1) is 39.3 Å². The van der Waals surface area contributed by atoms with Gasteiger partial charge in [0, 0.05) is 52.2 Å². The van der Waals surface area contributed by atoms with E-state index >= 15 is 0 Å². The first-order valence-electron chi connectivity index (χ1n) is 18.8. The number of hydrogen-bond acceptors (Lipinski definition) is 10. The third kappa shape index (κ3) is 5.89. The van der Waals surface area contributed by atoms with Crippen LogP contribution >= 0.6 is 0 Å². The first-order chi connectivity index (χ1) is 26.2. The number of benzene rings is 2. The highest BCUT2D eigenvalue weighted by molar-refractivity contribution is 5.86. The van der Waals surface area contributed by atoms with Gasteiger partial charge in [-0.3, -0.25) is 9.97 Å². The van der Waals surface area contributed by atoms with Crippen LogP contribution in [0.2, 0.25) is 0 Å². The lowest BCUT2D eigenvalue weighted by Crippen LogP contribution is -2.15. The number of fused-ring (bicyclic) bond motifs is 8. The quantitative estimate of drug-likeness (QED) is 0.217. The van der Waals surface area contributed by atoms with E-state index in [-0.39, 0.29) is 0 Å². The number of aryl methyl sites for hydroxylation is 12. The average molecular weight is 725 g/mol. The smallest absolute Gasteiger partial charge is 0.189 e. The summed E-state index contributed by atoms with van der Waals surface area (Å²) in [5.41, 5.74) is 12.7. The molecule has 0 atom stereocenters. The van der Waals surface area contributed by atoms with Crippen LogP contribution in [0.4, 0.5) is 0 Å². The molecule has 1 aliphatic heterocycles. The molecule has 7 heterocycles. The van der Waals surface area contributed by atoms with Gasteiger partial charge in [-0.2, -0.15) is 10.2 Å². The maximum atomic E-state index is 5.80. The number of ether oxygens (including phenoxy) is 2. The monoisotopic (exact) mass is 724 g/mol. The van der Waals surface area contributed by atoms with Gasteiger partial charge in [-0.1, -0.05) is 6.07 Å². The van der Waals surface area contributed by atoms with Crippen molar-refractivity contribution in [2.75, 3.05) is 13.2 Å².